The summed E-state index contributed by atoms with van der Waals surface area (Å²) in [5.74, 6) is 1.54. The van der Waals surface area contributed by atoms with Crippen LogP contribution in [0.2, 0.25) is 0 Å². The molecule has 2 aliphatic heterocycles. The van der Waals surface area contributed by atoms with E-state index in [4.69, 9.17) is 24.2 Å². The fraction of sp³-hybridized carbons (Fsp3) is 0.417. The number of methoxy groups -OCH3 is 1. The predicted octanol–water partition coefficient (Wildman–Crippen LogP) is 5.56. The van der Waals surface area contributed by atoms with Gasteiger partial charge in [-0.3, -0.25) is 4.90 Å². The number of aromatic nitrogens is 6. The van der Waals surface area contributed by atoms with Gasteiger partial charge in [-0.15, -0.1) is 5.10 Å². The minimum atomic E-state index is -0.358. The zero-order valence-corrected chi connectivity index (χ0v) is 26.9. The molecule has 1 atom stereocenters. The zero-order chi connectivity index (χ0) is 32.6. The Labute approximate surface area is 277 Å². The number of halogens is 1. The predicted molar refractivity (Wildman–Crippen MR) is 175 cm³/mol. The molecule has 2 saturated heterocycles. The molecule has 1 saturated carbocycles. The number of carbonyl (C=O) groups is 1. The molecule has 0 spiro atoms. The molecule has 1 aliphatic carbocycles. The Bertz CT molecular complexity index is 1940. The number of hydrogen-bond donors (Lipinski definition) is 0. The normalized spacial score (nSPS) is 18.6. The number of imidazole rings is 1. The second kappa shape index (κ2) is 13.1. The third kappa shape index (κ3) is 6.42. The van der Waals surface area contributed by atoms with Crippen LogP contribution in [0.5, 0.6) is 5.88 Å². The molecule has 0 amide bonds. The minimum Gasteiger partial charge on any atom is -0.473 e. The molecule has 3 aromatic heterocycles. The van der Waals surface area contributed by atoms with E-state index in [1.807, 2.05) is 42.6 Å². The maximum absolute atomic E-state index is 15.0. The first-order valence-corrected chi connectivity index (χ1v) is 16.7. The van der Waals surface area contributed by atoms with Crippen LogP contribution in [0.25, 0.3) is 16.7 Å². The summed E-state index contributed by atoms with van der Waals surface area (Å²) in [6.07, 6.45) is 7.25. The van der Waals surface area contributed by atoms with Crippen LogP contribution in [-0.2, 0) is 29.2 Å². The van der Waals surface area contributed by atoms with Crippen LogP contribution in [0.15, 0.2) is 60.8 Å². The van der Waals surface area contributed by atoms with Gasteiger partial charge in [0.2, 0.25) is 5.88 Å². The average Bonchev–Trinajstić information content (AvgIpc) is 3.73. The van der Waals surface area contributed by atoms with E-state index >= 15 is 4.39 Å². The number of esters is 1. The fourth-order valence-corrected chi connectivity index (χ4v) is 6.62. The number of benzene rings is 2. The molecular weight excluding hydrogens is 613 g/mol. The Kier molecular flexibility index (Phi) is 8.35. The van der Waals surface area contributed by atoms with E-state index < -0.39 is 0 Å². The molecule has 1 unspecified atom stereocenters. The van der Waals surface area contributed by atoms with E-state index in [9.17, 15) is 4.79 Å². The van der Waals surface area contributed by atoms with Crippen LogP contribution < -0.4 is 4.74 Å². The van der Waals surface area contributed by atoms with Gasteiger partial charge in [-0.05, 0) is 75.5 Å². The van der Waals surface area contributed by atoms with Crippen molar-refractivity contribution in [3.05, 3.63) is 95.0 Å². The quantitative estimate of drug-likeness (QED) is 0.170. The van der Waals surface area contributed by atoms with Crippen LogP contribution in [0, 0.1) is 5.82 Å². The first-order valence-electron chi connectivity index (χ1n) is 16.7. The van der Waals surface area contributed by atoms with Crippen molar-refractivity contribution in [3.8, 4) is 11.6 Å². The molecule has 11 nitrogen and oxygen atoms in total. The second-order valence-electron chi connectivity index (χ2n) is 13.0. The smallest absolute Gasteiger partial charge is 0.337 e. The molecule has 248 valence electrons. The van der Waals surface area contributed by atoms with E-state index in [1.54, 1.807) is 16.8 Å². The first-order chi connectivity index (χ1) is 23.5. The lowest BCUT2D eigenvalue weighted by Gasteiger charge is -2.32. The Hall–Kier alpha value is -4.68. The Morgan fingerprint density at radius 3 is 2.56 bits per heavy atom. The number of rotatable bonds is 11. The summed E-state index contributed by atoms with van der Waals surface area (Å²) in [4.78, 5) is 24.4. The van der Waals surface area contributed by atoms with Crippen LogP contribution in [0.3, 0.4) is 0 Å². The van der Waals surface area contributed by atoms with Crippen molar-refractivity contribution in [2.24, 2.45) is 0 Å². The van der Waals surface area contributed by atoms with Gasteiger partial charge in [0, 0.05) is 41.8 Å². The van der Waals surface area contributed by atoms with Gasteiger partial charge in [0.15, 0.2) is 0 Å². The third-order valence-corrected chi connectivity index (χ3v) is 9.73. The summed E-state index contributed by atoms with van der Waals surface area (Å²) in [5, 5.41) is 8.39. The second-order valence-corrected chi connectivity index (χ2v) is 13.0. The molecule has 3 aliphatic rings. The molecule has 8 rings (SSSR count). The number of likely N-dealkylation sites (tertiary alicyclic amines) is 1. The van der Waals surface area contributed by atoms with Crippen molar-refractivity contribution >= 4 is 17.0 Å². The van der Waals surface area contributed by atoms with E-state index in [0.717, 1.165) is 80.0 Å². The lowest BCUT2D eigenvalue weighted by molar-refractivity contribution is -0.0592. The largest absolute Gasteiger partial charge is 0.473 e. The van der Waals surface area contributed by atoms with Gasteiger partial charge in [0.25, 0.3) is 0 Å². The van der Waals surface area contributed by atoms with Gasteiger partial charge in [-0.25, -0.2) is 23.8 Å². The summed E-state index contributed by atoms with van der Waals surface area (Å²) in [6.45, 7) is 4.09. The standard InChI is InChI=1S/C36H38FN7O4/c1-46-36(45)25-8-10-31-33(17-25)43(19-28-13-16-47-28)34(38-31)21-42-14-11-24(12-15-42)30-3-2-4-35(39-30)48-22-26-7-9-27(18-29(26)37)44-20-32(40-41-44)23-5-6-23/h2-4,7-10,17-18,20,23-24,28H,5-6,11-16,19,21-22H2,1H3. The van der Waals surface area contributed by atoms with Crippen molar-refractivity contribution in [1.82, 2.24) is 34.4 Å². The van der Waals surface area contributed by atoms with Gasteiger partial charge in [-0.2, -0.15) is 0 Å². The molecule has 2 aromatic carbocycles. The summed E-state index contributed by atoms with van der Waals surface area (Å²) >= 11 is 0. The fourth-order valence-electron chi connectivity index (χ4n) is 6.62. The number of pyridine rings is 1. The highest BCUT2D eigenvalue weighted by Crippen LogP contribution is 2.38. The van der Waals surface area contributed by atoms with Crippen LogP contribution in [0.4, 0.5) is 4.39 Å². The lowest BCUT2D eigenvalue weighted by Crippen LogP contribution is -2.35. The average molecular weight is 652 g/mol. The molecule has 0 bridgehead atoms. The monoisotopic (exact) mass is 651 g/mol. The number of piperidine rings is 1. The molecular formula is C36H38FN7O4. The molecule has 3 fully saturated rings. The summed E-state index contributed by atoms with van der Waals surface area (Å²) in [7, 11) is 1.39. The highest BCUT2D eigenvalue weighted by atomic mass is 19.1. The molecule has 5 aromatic rings. The van der Waals surface area contributed by atoms with E-state index in [1.165, 1.54) is 13.2 Å². The van der Waals surface area contributed by atoms with E-state index in [2.05, 4.69) is 19.8 Å². The Morgan fingerprint density at radius 2 is 1.81 bits per heavy atom. The maximum atomic E-state index is 15.0. The van der Waals surface area contributed by atoms with E-state index in [0.29, 0.717) is 47.6 Å². The highest BCUT2D eigenvalue weighted by Gasteiger charge is 2.28. The van der Waals surface area contributed by atoms with Gasteiger partial charge >= 0.3 is 5.97 Å². The summed E-state index contributed by atoms with van der Waals surface area (Å²) in [5.41, 5.74) is 5.35. The molecule has 0 radical (unpaired) electrons. The van der Waals surface area contributed by atoms with Crippen molar-refractivity contribution in [3.63, 3.8) is 0 Å². The highest BCUT2D eigenvalue weighted by molar-refractivity contribution is 5.93. The van der Waals surface area contributed by atoms with Crippen molar-refractivity contribution in [2.75, 3.05) is 26.8 Å². The van der Waals surface area contributed by atoms with Crippen LogP contribution in [-0.4, -0.2) is 73.3 Å². The van der Waals surface area contributed by atoms with Crippen LogP contribution >= 0.6 is 0 Å². The van der Waals surface area contributed by atoms with Gasteiger partial charge in [0.1, 0.15) is 18.2 Å². The van der Waals surface area contributed by atoms with Crippen molar-refractivity contribution in [1.29, 1.82) is 0 Å². The first kappa shape index (κ1) is 30.6. The maximum Gasteiger partial charge on any atom is 0.337 e. The lowest BCUT2D eigenvalue weighted by atomic mass is 9.93. The zero-order valence-electron chi connectivity index (χ0n) is 26.9. The molecule has 5 heterocycles. The van der Waals surface area contributed by atoms with Crippen molar-refractivity contribution < 1.29 is 23.4 Å². The van der Waals surface area contributed by atoms with Gasteiger partial charge in [0.05, 0.1) is 60.5 Å². The molecule has 48 heavy (non-hydrogen) atoms. The number of fused-ring (bicyclic) bond motifs is 1. The van der Waals surface area contributed by atoms with Crippen LogP contribution in [0.1, 0.15) is 77.1 Å². The Morgan fingerprint density at radius 1 is 0.979 bits per heavy atom. The number of nitrogens with zero attached hydrogens (tertiary/aromatic N) is 7. The molecule has 12 heteroatoms. The SMILES string of the molecule is COC(=O)c1ccc2nc(CN3CCC(c4cccc(OCc5ccc(-n6cc(C7CC7)nn6)cc5F)n4)CC3)n(CC3CCO3)c2c1. The third-order valence-electron chi connectivity index (χ3n) is 9.73. The summed E-state index contributed by atoms with van der Waals surface area (Å²) < 4.78 is 35.5. The van der Waals surface area contributed by atoms with Gasteiger partial charge < -0.3 is 18.8 Å². The Balaban J connectivity index is 0.893. The van der Waals surface area contributed by atoms with Gasteiger partial charge in [-0.1, -0.05) is 17.3 Å². The minimum absolute atomic E-state index is 0.0830. The summed E-state index contributed by atoms with van der Waals surface area (Å²) in [6, 6.07) is 16.4. The number of ether oxygens (including phenoxy) is 3. The molecule has 0 N–H and O–H groups in total. The van der Waals surface area contributed by atoms with Crippen molar-refractivity contribution in [2.45, 2.75) is 69.7 Å². The number of carbonyl (C=O) groups excluding carboxylic acids is 1. The number of hydrogen-bond acceptors (Lipinski definition) is 9. The topological polar surface area (TPSA) is 109 Å². The van der Waals surface area contributed by atoms with E-state index in [-0.39, 0.29) is 24.5 Å².